The number of amides is 1. The molecule has 0 saturated carbocycles. The van der Waals surface area contributed by atoms with Gasteiger partial charge in [-0.3, -0.25) is 9.47 Å². The number of carbonyl (C=O) groups is 1. The third-order valence-corrected chi connectivity index (χ3v) is 5.67. The van der Waals surface area contributed by atoms with Gasteiger partial charge >= 0.3 is 11.8 Å². The standard InChI is InChI=1S/C17H22F2N6O3/c1-22-13-11(21-15(22)26)2-4-20-14(13)24-8-6-23(7-9-24)12-3-5-25(16(27)28)10-17(12,18)19/h2,4,12H,3,5-10H2,1H3,(H,21,26)(H,27,28)/t12-/m1/s1. The molecule has 2 N–H and O–H groups in total. The Morgan fingerprint density at radius 3 is 2.64 bits per heavy atom. The van der Waals surface area contributed by atoms with Crippen LogP contribution in [0.25, 0.3) is 11.0 Å². The van der Waals surface area contributed by atoms with Crippen molar-refractivity contribution in [2.45, 2.75) is 18.4 Å². The molecule has 4 heterocycles. The molecular formula is C17H22F2N6O3. The van der Waals surface area contributed by atoms with Crippen molar-refractivity contribution in [3.05, 3.63) is 22.7 Å². The van der Waals surface area contributed by atoms with E-state index in [0.29, 0.717) is 43.0 Å². The third-order valence-electron chi connectivity index (χ3n) is 5.67. The van der Waals surface area contributed by atoms with E-state index in [0.717, 1.165) is 4.90 Å². The monoisotopic (exact) mass is 396 g/mol. The van der Waals surface area contributed by atoms with Crippen LogP contribution in [0.3, 0.4) is 0 Å². The number of fused-ring (bicyclic) bond motifs is 1. The van der Waals surface area contributed by atoms with E-state index in [9.17, 15) is 18.4 Å². The summed E-state index contributed by atoms with van der Waals surface area (Å²) in [6.07, 6.45) is 0.425. The van der Waals surface area contributed by atoms with E-state index < -0.39 is 24.6 Å². The van der Waals surface area contributed by atoms with Gasteiger partial charge in [0.1, 0.15) is 5.52 Å². The average molecular weight is 396 g/mol. The molecule has 9 nitrogen and oxygen atoms in total. The van der Waals surface area contributed by atoms with E-state index >= 15 is 0 Å². The molecule has 0 bridgehead atoms. The highest BCUT2D eigenvalue weighted by Gasteiger charge is 2.49. The number of aryl methyl sites for hydroxylation is 1. The highest BCUT2D eigenvalue weighted by Crippen LogP contribution is 2.32. The third kappa shape index (κ3) is 3.09. The number of likely N-dealkylation sites (tertiary alicyclic amines) is 1. The number of piperidine rings is 1. The van der Waals surface area contributed by atoms with Crippen LogP contribution in [-0.2, 0) is 7.05 Å². The molecular weight excluding hydrogens is 374 g/mol. The molecule has 2 aliphatic heterocycles. The SMILES string of the molecule is Cn1c(=O)[nH]c2ccnc(N3CCN([C@@H]4CCN(C(=O)O)CC4(F)F)CC3)c21. The van der Waals surface area contributed by atoms with E-state index in [1.165, 1.54) is 4.57 Å². The van der Waals surface area contributed by atoms with Crippen LogP contribution in [0.1, 0.15) is 6.42 Å². The number of carboxylic acid groups (broad SMARTS) is 1. The van der Waals surface area contributed by atoms with E-state index in [4.69, 9.17) is 5.11 Å². The molecule has 1 atom stereocenters. The molecule has 152 valence electrons. The van der Waals surface area contributed by atoms with Crippen molar-refractivity contribution in [2.24, 2.45) is 7.05 Å². The fourth-order valence-electron chi connectivity index (χ4n) is 4.19. The predicted molar refractivity (Wildman–Crippen MR) is 98.1 cm³/mol. The van der Waals surface area contributed by atoms with Crippen LogP contribution in [0.5, 0.6) is 0 Å². The summed E-state index contributed by atoms with van der Waals surface area (Å²) in [4.78, 5) is 34.6. The van der Waals surface area contributed by atoms with Gasteiger partial charge < -0.3 is 19.9 Å². The number of hydrogen-bond donors (Lipinski definition) is 2. The number of H-pyrrole nitrogens is 1. The van der Waals surface area contributed by atoms with Gasteiger partial charge in [0.25, 0.3) is 5.92 Å². The molecule has 2 aliphatic rings. The highest BCUT2D eigenvalue weighted by molar-refractivity contribution is 5.86. The minimum Gasteiger partial charge on any atom is -0.465 e. The summed E-state index contributed by atoms with van der Waals surface area (Å²) in [6.45, 7) is 1.19. The number of imidazole rings is 1. The van der Waals surface area contributed by atoms with Gasteiger partial charge in [-0.1, -0.05) is 0 Å². The summed E-state index contributed by atoms with van der Waals surface area (Å²) in [7, 11) is 1.67. The first-order valence-electron chi connectivity index (χ1n) is 9.16. The topological polar surface area (TPSA) is 97.7 Å². The van der Waals surface area contributed by atoms with Gasteiger partial charge in [-0.25, -0.2) is 23.4 Å². The molecule has 28 heavy (non-hydrogen) atoms. The first kappa shape index (κ1) is 18.7. The van der Waals surface area contributed by atoms with Gasteiger partial charge in [0.2, 0.25) is 0 Å². The number of hydrogen-bond acceptors (Lipinski definition) is 5. The molecule has 0 radical (unpaired) electrons. The fourth-order valence-corrected chi connectivity index (χ4v) is 4.19. The second kappa shape index (κ2) is 6.73. The van der Waals surface area contributed by atoms with Crippen LogP contribution in [-0.4, -0.2) is 86.8 Å². The average Bonchev–Trinajstić information content (AvgIpc) is 2.95. The molecule has 0 aromatic carbocycles. The molecule has 0 aliphatic carbocycles. The number of pyridine rings is 1. The lowest BCUT2D eigenvalue weighted by Crippen LogP contribution is -2.62. The van der Waals surface area contributed by atoms with Gasteiger partial charge in [-0.2, -0.15) is 0 Å². The molecule has 0 unspecified atom stereocenters. The zero-order valence-corrected chi connectivity index (χ0v) is 15.4. The molecule has 1 amide bonds. The van der Waals surface area contributed by atoms with Crippen LogP contribution in [0, 0.1) is 0 Å². The summed E-state index contributed by atoms with van der Waals surface area (Å²) in [5.41, 5.74) is 1.15. The van der Waals surface area contributed by atoms with Crippen LogP contribution in [0.2, 0.25) is 0 Å². The Hall–Kier alpha value is -2.69. The maximum absolute atomic E-state index is 14.5. The number of anilines is 1. The number of alkyl halides is 2. The lowest BCUT2D eigenvalue weighted by atomic mass is 9.98. The van der Waals surface area contributed by atoms with Crippen molar-refractivity contribution in [3.63, 3.8) is 0 Å². The van der Waals surface area contributed by atoms with E-state index in [1.54, 1.807) is 24.2 Å². The molecule has 2 saturated heterocycles. The molecule has 4 rings (SSSR count). The number of nitrogens with zero attached hydrogens (tertiary/aromatic N) is 5. The second-order valence-corrected chi connectivity index (χ2v) is 7.31. The first-order chi connectivity index (χ1) is 13.3. The second-order valence-electron chi connectivity index (χ2n) is 7.31. The lowest BCUT2D eigenvalue weighted by molar-refractivity contribution is -0.122. The van der Waals surface area contributed by atoms with E-state index in [2.05, 4.69) is 9.97 Å². The summed E-state index contributed by atoms with van der Waals surface area (Å²) >= 11 is 0. The molecule has 0 spiro atoms. The first-order valence-corrected chi connectivity index (χ1v) is 9.16. The van der Waals surface area contributed by atoms with Gasteiger partial charge in [0.15, 0.2) is 5.82 Å². The zero-order valence-electron chi connectivity index (χ0n) is 15.4. The van der Waals surface area contributed by atoms with Crippen LogP contribution in [0.15, 0.2) is 17.1 Å². The maximum atomic E-state index is 14.5. The Morgan fingerprint density at radius 1 is 1.29 bits per heavy atom. The number of halogens is 2. The van der Waals surface area contributed by atoms with E-state index in [-0.39, 0.29) is 18.7 Å². The van der Waals surface area contributed by atoms with E-state index in [1.807, 2.05) is 4.90 Å². The molecule has 11 heteroatoms. The fraction of sp³-hybridized carbons (Fsp3) is 0.588. The zero-order chi connectivity index (χ0) is 20.1. The van der Waals surface area contributed by atoms with Crippen molar-refractivity contribution < 1.29 is 18.7 Å². The predicted octanol–water partition coefficient (Wildman–Crippen LogP) is 0.771. The van der Waals surface area contributed by atoms with Crippen molar-refractivity contribution in [1.82, 2.24) is 24.3 Å². The maximum Gasteiger partial charge on any atom is 0.407 e. The molecule has 2 fully saturated rings. The van der Waals surface area contributed by atoms with Crippen LogP contribution in [0.4, 0.5) is 19.4 Å². The summed E-state index contributed by atoms with van der Waals surface area (Å²) < 4.78 is 30.6. The quantitative estimate of drug-likeness (QED) is 0.778. The van der Waals surface area contributed by atoms with Crippen molar-refractivity contribution in [2.75, 3.05) is 44.2 Å². The van der Waals surface area contributed by atoms with Crippen molar-refractivity contribution >= 4 is 22.9 Å². The smallest absolute Gasteiger partial charge is 0.407 e. The number of nitrogens with one attached hydrogen (secondary N) is 1. The number of piperazine rings is 1. The van der Waals surface area contributed by atoms with Crippen molar-refractivity contribution in [3.8, 4) is 0 Å². The number of aromatic amines is 1. The number of rotatable bonds is 2. The van der Waals surface area contributed by atoms with Crippen LogP contribution < -0.4 is 10.6 Å². The lowest BCUT2D eigenvalue weighted by Gasteiger charge is -2.46. The summed E-state index contributed by atoms with van der Waals surface area (Å²) in [6, 6.07) is 0.762. The van der Waals surface area contributed by atoms with Gasteiger partial charge in [0.05, 0.1) is 18.1 Å². The Morgan fingerprint density at radius 2 is 2.00 bits per heavy atom. The van der Waals surface area contributed by atoms with Gasteiger partial charge in [-0.05, 0) is 12.5 Å². The Balaban J connectivity index is 1.49. The summed E-state index contributed by atoms with van der Waals surface area (Å²) in [5, 5.41) is 8.98. The van der Waals surface area contributed by atoms with Gasteiger partial charge in [-0.15, -0.1) is 0 Å². The van der Waals surface area contributed by atoms with Crippen LogP contribution >= 0.6 is 0 Å². The summed E-state index contributed by atoms with van der Waals surface area (Å²) in [5.74, 6) is -2.42. The number of aromatic nitrogens is 3. The largest absolute Gasteiger partial charge is 0.465 e. The molecule has 2 aromatic rings. The highest BCUT2D eigenvalue weighted by atomic mass is 19.3. The minimum atomic E-state index is -3.08. The van der Waals surface area contributed by atoms with Crippen molar-refractivity contribution in [1.29, 1.82) is 0 Å². The normalized spacial score (nSPS) is 23.3. The minimum absolute atomic E-state index is 0.111. The Labute approximate surface area is 159 Å². The Kier molecular flexibility index (Phi) is 4.48. The van der Waals surface area contributed by atoms with Gasteiger partial charge in [0, 0.05) is 46.0 Å². The molecule has 2 aromatic heterocycles. The Bertz CT molecular complexity index is 950.